The molecule has 0 bridgehead atoms. The van der Waals surface area contributed by atoms with Gasteiger partial charge in [-0.05, 0) is 155 Å². The number of hydrogen-bond acceptors (Lipinski definition) is 24. The number of fused-ring (bicyclic) bond motifs is 24. The van der Waals surface area contributed by atoms with E-state index in [1.165, 1.54) is 0 Å². The number of hydrogen-bond donors (Lipinski definition) is 0. The topological polar surface area (TPSA) is 126 Å². The van der Waals surface area contributed by atoms with Crippen LogP contribution in [0.1, 0.15) is 0 Å². The van der Waals surface area contributed by atoms with Gasteiger partial charge in [-0.2, -0.15) is 102 Å². The molecule has 0 amide bonds. The maximum absolute atomic E-state index is 7.30. The van der Waals surface area contributed by atoms with Crippen molar-refractivity contribution in [1.82, 2.24) is 19.6 Å². The van der Waals surface area contributed by atoms with Crippen molar-refractivity contribution in [3.63, 3.8) is 0 Å². The molecule has 16 aliphatic heterocycles. The van der Waals surface area contributed by atoms with E-state index in [-0.39, 0.29) is 84.3 Å². The Morgan fingerprint density at radius 3 is 0.529 bits per heavy atom. The summed E-state index contributed by atoms with van der Waals surface area (Å²) in [4.78, 5) is 33.5. The average Bonchev–Trinajstić information content (AvgIpc) is 1.14. The molecular formula is C108H72B4N16O8Pt4. The molecule has 24 nitrogen and oxygen atoms in total. The van der Waals surface area contributed by atoms with Crippen LogP contribution in [-0.2, 0) is 84.3 Å². The molecule has 0 spiro atoms. The Labute approximate surface area is 870 Å². The summed E-state index contributed by atoms with van der Waals surface area (Å²) in [5.74, 6) is 9.86. The van der Waals surface area contributed by atoms with Gasteiger partial charge in [0.15, 0.2) is 46.0 Å². The van der Waals surface area contributed by atoms with Crippen molar-refractivity contribution in [2.75, 3.05) is 115 Å². The third-order valence-corrected chi connectivity index (χ3v) is 27.8. The number of rotatable bonds is 8. The predicted octanol–water partition coefficient (Wildman–Crippen LogP) is 12.9. The molecule has 14 aromatic carbocycles. The van der Waals surface area contributed by atoms with E-state index >= 15 is 0 Å². The van der Waals surface area contributed by atoms with E-state index in [1.54, 1.807) is 0 Å². The summed E-state index contributed by atoms with van der Waals surface area (Å²) in [6.45, 7) is 14.8. The van der Waals surface area contributed by atoms with Gasteiger partial charge in [0.05, 0.1) is 0 Å². The Morgan fingerprint density at radius 2 is 0.357 bits per heavy atom. The van der Waals surface area contributed by atoms with Crippen molar-refractivity contribution in [3.05, 3.63) is 346 Å². The third kappa shape index (κ3) is 13.2. The number of ether oxygens (including phenoxy) is 8. The maximum atomic E-state index is 7.30. The van der Waals surface area contributed by atoms with Crippen molar-refractivity contribution < 1.29 is 122 Å². The first-order chi connectivity index (χ1) is 66.6. The summed E-state index contributed by atoms with van der Waals surface area (Å²) in [7, 11) is 16.3. The quantitative estimate of drug-likeness (QED) is 0.106. The van der Waals surface area contributed by atoms with Gasteiger partial charge in [0.1, 0.15) is 0 Å². The zero-order chi connectivity index (χ0) is 90.2. The van der Waals surface area contributed by atoms with E-state index in [9.17, 15) is 0 Å². The van der Waals surface area contributed by atoms with Gasteiger partial charge in [-0.3, -0.25) is 0 Å². The van der Waals surface area contributed by atoms with Crippen LogP contribution in [0.5, 0.6) is 92.0 Å². The van der Waals surface area contributed by atoms with E-state index in [4.69, 9.17) is 37.9 Å². The summed E-state index contributed by atoms with van der Waals surface area (Å²) in [6, 6.07) is 97.0. The third-order valence-electron chi connectivity index (χ3n) is 27.8. The van der Waals surface area contributed by atoms with Gasteiger partial charge < -0.3 is 116 Å². The van der Waals surface area contributed by atoms with Gasteiger partial charge in [0, 0.05) is 113 Å². The molecule has 0 unspecified atom stereocenters. The van der Waals surface area contributed by atoms with Crippen LogP contribution < -0.4 is 162 Å². The number of nitrogens with zero attached hydrogens (tertiary/aromatic N) is 16. The molecule has 16 heterocycles. The van der Waals surface area contributed by atoms with Crippen LogP contribution in [0.15, 0.2) is 244 Å². The van der Waals surface area contributed by atoms with E-state index in [2.05, 4.69) is 308 Å². The van der Waals surface area contributed by atoms with Gasteiger partial charge in [0.25, 0.3) is 0 Å². The molecule has 0 fully saturated rings. The van der Waals surface area contributed by atoms with Crippen molar-refractivity contribution in [1.29, 1.82) is 0 Å². The minimum absolute atomic E-state index is 0. The molecule has 0 aromatic heterocycles. The molecular weight excluding hydrogens is 2470 g/mol. The van der Waals surface area contributed by atoms with Crippen molar-refractivity contribution in [2.24, 2.45) is 0 Å². The second kappa shape index (κ2) is 33.0. The van der Waals surface area contributed by atoms with E-state index in [0.717, 1.165) is 157 Å². The van der Waals surface area contributed by atoms with Crippen LogP contribution in [0.4, 0.5) is 91.0 Å². The van der Waals surface area contributed by atoms with Crippen LogP contribution >= 0.6 is 0 Å². The van der Waals surface area contributed by atoms with E-state index in [0.29, 0.717) is 92.0 Å². The summed E-state index contributed by atoms with van der Waals surface area (Å²) in [6.07, 6.45) is 16.1. The van der Waals surface area contributed by atoms with Crippen molar-refractivity contribution >= 4 is 183 Å². The Hall–Kier alpha value is -13.7. The first-order valence-corrected chi connectivity index (χ1v) is 45.0. The molecule has 0 radical (unpaired) electrons. The van der Waals surface area contributed by atoms with Crippen molar-refractivity contribution in [3.8, 4) is 92.0 Å². The Balaban J connectivity index is 0.000000147. The fourth-order valence-electron chi connectivity index (χ4n) is 21.5. The summed E-state index contributed by atoms with van der Waals surface area (Å²) < 4.78 is 57.4. The van der Waals surface area contributed by atoms with E-state index in [1.807, 2.05) is 173 Å². The monoisotopic (exact) mass is 2540 g/mol. The standard InChI is InChI=1S/C62H40B2N8O4.C46H32B2N8O4.4Pt/c1-65-33-69(49-17-9-5-13-45(49)65)37-21-25-53-41(29-37)63-42-30-38(70-34-66(2)46-14-6-10-18-50(46)70)22-26-54(42)74-60-57(63)59(73-53)61-58-62(60)76-56-28-24-40(72-36-68(4)48-16-8-12-20-52(48)72)32-44(56)64(58)43-31-39(23-27-55(43)75-61)71-35-67(3)47-15-7-11-19-51(47)71;1-49-13-17-53(25-49)29-5-9-37-33(21-29)47-34-22-30(54-18-14-50(2)26-54)6-10-38(34)58-44-41(47)43(57-37)45-42-46(44)60-40-12-8-32(56-20-16-52(4)28-56)24-36(40)48(42)35-23-31(7-11-39(35)59-45)55-19-15-51(3)27-55;;;;/h5-28,33-36H,1-4H3;5-20,25-28H,1-4H3;;;;/q2*-8;4*+4. The predicted molar refractivity (Wildman–Crippen MR) is 534 cm³/mol. The van der Waals surface area contributed by atoms with Gasteiger partial charge in [-0.25, -0.2) is 0 Å². The Bertz CT molecular complexity index is 6910. The first-order valence-electron chi connectivity index (χ1n) is 45.0. The zero-order valence-electron chi connectivity index (χ0n) is 75.7. The normalized spacial score (nSPS) is 16.5. The fourth-order valence-corrected chi connectivity index (χ4v) is 21.5. The number of para-hydroxylation sites is 8. The molecule has 14 aromatic rings. The minimum atomic E-state index is -0.466. The second-order valence-electron chi connectivity index (χ2n) is 36.1. The molecule has 16 aliphatic rings. The largest absolute Gasteiger partial charge is 4.00 e. The molecule has 0 N–H and O–H groups in total. The van der Waals surface area contributed by atoms with Crippen LogP contribution in [-0.4, -0.2) is 103 Å². The summed E-state index contributed by atoms with van der Waals surface area (Å²) in [5.41, 5.74) is 25.7. The van der Waals surface area contributed by atoms with Crippen LogP contribution in [0.3, 0.4) is 0 Å². The summed E-state index contributed by atoms with van der Waals surface area (Å²) >= 11 is 0. The maximum Gasteiger partial charge on any atom is 4.00 e. The van der Waals surface area contributed by atoms with Gasteiger partial charge in [-0.1, -0.05) is 48.5 Å². The van der Waals surface area contributed by atoms with Gasteiger partial charge in [-0.15, -0.1) is 186 Å². The number of anilines is 16. The van der Waals surface area contributed by atoms with Crippen LogP contribution in [0, 0.1) is 102 Å². The summed E-state index contributed by atoms with van der Waals surface area (Å²) in [5, 5.41) is 0. The van der Waals surface area contributed by atoms with Crippen molar-refractivity contribution in [2.45, 2.75) is 0 Å². The second-order valence-corrected chi connectivity index (χ2v) is 36.1. The Kier molecular flexibility index (Phi) is 20.6. The molecule has 684 valence electrons. The molecule has 0 aliphatic carbocycles. The van der Waals surface area contributed by atoms with Crippen LogP contribution in [0.25, 0.3) is 0 Å². The minimum Gasteiger partial charge on any atom is -0.514 e. The molecule has 0 saturated heterocycles. The van der Waals surface area contributed by atoms with Crippen LogP contribution in [0.2, 0.25) is 0 Å². The average molecular weight is 2550 g/mol. The molecule has 0 atom stereocenters. The molecule has 0 saturated carbocycles. The first kappa shape index (κ1) is 87.7. The fraction of sp³-hybridized carbons (Fsp3) is 0.0741. The smallest absolute Gasteiger partial charge is 0.514 e. The molecule has 140 heavy (non-hydrogen) atoms. The Morgan fingerprint density at radius 1 is 0.193 bits per heavy atom. The van der Waals surface area contributed by atoms with E-state index < -0.39 is 26.9 Å². The SMILES string of the molecule is CN1C=CN(c2[c-]c3c(cc2)Oc2c4c5c(c6c2B3c2[c-]c(N3C=CN(C)[CH-]3)ccc2O6)Oc2ccc(N3C=CN(C)[CH-]3)[c-]c2B5c2[c-]c(N3C=CN(C)[CH-]3)ccc2O4)[CH-]1.CN1[CH-]N(c2[c-]c3c(cc2)Oc2c4c5c(c6c2B3c2[c-]c(N3[CH-]N(C)c7ccccc73)ccc2O6)Oc2ccc(N3[CH-]N(C)c6ccccc63)[c-]c2B5c2[c-]c(N3[CH-]N(C)c5ccccc53)ccc2O4)c2ccccc21.[Pt+4].[Pt+4].[Pt+4].[Pt+4]. The number of benzene rings is 14. The zero-order valence-corrected chi connectivity index (χ0v) is 84.8. The molecule has 32 heteroatoms. The van der Waals surface area contributed by atoms with Gasteiger partial charge >= 0.3 is 84.3 Å². The molecule has 30 rings (SSSR count). The van der Waals surface area contributed by atoms with Gasteiger partial charge in [0.2, 0.25) is 26.9 Å².